The Morgan fingerprint density at radius 2 is 1.86 bits per heavy atom. The summed E-state index contributed by atoms with van der Waals surface area (Å²) < 4.78 is 7.39. The van der Waals surface area contributed by atoms with Gasteiger partial charge >= 0.3 is 0 Å². The molecule has 1 aromatic heterocycles. The molecule has 6 nitrogen and oxygen atoms in total. The molecule has 4 rings (SSSR count). The number of halogens is 1. The van der Waals surface area contributed by atoms with Crippen molar-refractivity contribution in [2.24, 2.45) is 0 Å². The van der Waals surface area contributed by atoms with Crippen LogP contribution in [0.25, 0.3) is 5.69 Å². The third-order valence-corrected chi connectivity index (χ3v) is 5.25. The van der Waals surface area contributed by atoms with Gasteiger partial charge in [0.2, 0.25) is 0 Å². The number of aromatic nitrogens is 2. The van der Waals surface area contributed by atoms with Crippen LogP contribution < -0.4 is 15.6 Å². The number of hydrogen-bond acceptors (Lipinski definition) is 5. The van der Waals surface area contributed by atoms with Crippen LogP contribution in [0.2, 0.25) is 5.02 Å². The van der Waals surface area contributed by atoms with Crippen LogP contribution in [0.5, 0.6) is 5.75 Å². The molecule has 144 valence electrons. The Hall–Kier alpha value is -2.61. The van der Waals surface area contributed by atoms with E-state index < -0.39 is 0 Å². The molecule has 0 saturated carbocycles. The molecular formula is C20H19ClN4O2S. The summed E-state index contributed by atoms with van der Waals surface area (Å²) in [6, 6.07) is 15.3. The van der Waals surface area contributed by atoms with E-state index in [-0.39, 0.29) is 5.56 Å². The first-order chi connectivity index (χ1) is 13.5. The number of nitrogens with zero attached hydrogens (tertiary/aromatic N) is 2. The Labute approximate surface area is 172 Å². The number of aromatic amines is 1. The molecular weight excluding hydrogens is 396 g/mol. The normalized spacial score (nSPS) is 13.6. The summed E-state index contributed by atoms with van der Waals surface area (Å²) in [7, 11) is 1.65. The number of rotatable bonds is 4. The number of nitrogens with one attached hydrogen (secondary N) is 2. The highest BCUT2D eigenvalue weighted by atomic mass is 35.5. The van der Waals surface area contributed by atoms with E-state index >= 15 is 0 Å². The molecule has 0 atom stereocenters. The van der Waals surface area contributed by atoms with Crippen LogP contribution in [0.1, 0.15) is 11.1 Å². The minimum atomic E-state index is -0.169. The summed E-state index contributed by atoms with van der Waals surface area (Å²) in [4.78, 5) is 17.5. The van der Waals surface area contributed by atoms with E-state index in [9.17, 15) is 4.79 Å². The fourth-order valence-corrected chi connectivity index (χ4v) is 3.72. The number of H-pyrrole nitrogens is 1. The molecule has 0 fully saturated rings. The number of fused-ring (bicyclic) bond motifs is 1. The maximum Gasteiger partial charge on any atom is 0.258 e. The van der Waals surface area contributed by atoms with Crippen LogP contribution in [0.4, 0.5) is 5.82 Å². The molecule has 1 aliphatic heterocycles. The van der Waals surface area contributed by atoms with E-state index in [0.717, 1.165) is 22.8 Å². The van der Waals surface area contributed by atoms with Crippen LogP contribution in [-0.4, -0.2) is 28.2 Å². The van der Waals surface area contributed by atoms with Gasteiger partial charge in [0.25, 0.3) is 5.56 Å². The van der Waals surface area contributed by atoms with Crippen molar-refractivity contribution in [2.45, 2.75) is 13.1 Å². The molecule has 0 amide bonds. The van der Waals surface area contributed by atoms with Gasteiger partial charge in [-0.3, -0.25) is 19.2 Å². The fraction of sp³-hybridized carbons (Fsp3) is 0.200. The van der Waals surface area contributed by atoms with Gasteiger partial charge in [-0.25, -0.2) is 0 Å². The molecule has 1 aliphatic rings. The first-order valence-electron chi connectivity index (χ1n) is 8.78. The van der Waals surface area contributed by atoms with Gasteiger partial charge < -0.3 is 10.1 Å². The van der Waals surface area contributed by atoms with E-state index in [1.54, 1.807) is 19.2 Å². The number of hydrogen-bond donors (Lipinski definition) is 2. The summed E-state index contributed by atoms with van der Waals surface area (Å²) in [5.74, 6) is 1.55. The smallest absolute Gasteiger partial charge is 0.258 e. The van der Waals surface area contributed by atoms with Crippen LogP contribution in [0.15, 0.2) is 53.3 Å². The predicted molar refractivity (Wildman–Crippen MR) is 113 cm³/mol. The van der Waals surface area contributed by atoms with Gasteiger partial charge in [0.05, 0.1) is 19.3 Å². The zero-order chi connectivity index (χ0) is 19.7. The SMILES string of the molecule is COc1ccc(CN2CNc3c(c(=O)[nH]c(=S)n3-c3ccc(Cl)cc3)C2)cc1. The van der Waals surface area contributed by atoms with Gasteiger partial charge in [0, 0.05) is 23.8 Å². The van der Waals surface area contributed by atoms with Crippen LogP contribution >= 0.6 is 23.8 Å². The minimum Gasteiger partial charge on any atom is -0.497 e. The lowest BCUT2D eigenvalue weighted by Crippen LogP contribution is -2.38. The third kappa shape index (κ3) is 3.69. The Kier molecular flexibility index (Phi) is 5.21. The van der Waals surface area contributed by atoms with Crippen molar-refractivity contribution in [1.29, 1.82) is 0 Å². The molecule has 0 radical (unpaired) electrons. The van der Waals surface area contributed by atoms with E-state index in [1.807, 2.05) is 41.0 Å². The monoisotopic (exact) mass is 414 g/mol. The minimum absolute atomic E-state index is 0.169. The van der Waals surface area contributed by atoms with Crippen molar-refractivity contribution in [2.75, 3.05) is 19.1 Å². The number of anilines is 1. The topological polar surface area (TPSA) is 62.3 Å². The Morgan fingerprint density at radius 1 is 1.14 bits per heavy atom. The van der Waals surface area contributed by atoms with Crippen molar-refractivity contribution in [3.63, 3.8) is 0 Å². The van der Waals surface area contributed by atoms with Crippen molar-refractivity contribution < 1.29 is 4.74 Å². The zero-order valence-corrected chi connectivity index (χ0v) is 16.8. The van der Waals surface area contributed by atoms with Gasteiger partial charge in [0.1, 0.15) is 11.6 Å². The molecule has 0 spiro atoms. The summed E-state index contributed by atoms with van der Waals surface area (Å²) in [5, 5.41) is 4.01. The largest absolute Gasteiger partial charge is 0.497 e. The molecule has 2 N–H and O–H groups in total. The van der Waals surface area contributed by atoms with Crippen molar-refractivity contribution in [3.05, 3.63) is 79.8 Å². The van der Waals surface area contributed by atoms with Gasteiger partial charge in [-0.15, -0.1) is 0 Å². The zero-order valence-electron chi connectivity index (χ0n) is 15.2. The van der Waals surface area contributed by atoms with Crippen LogP contribution in [0.3, 0.4) is 0 Å². The molecule has 2 aromatic carbocycles. The average molecular weight is 415 g/mol. The van der Waals surface area contributed by atoms with E-state index in [0.29, 0.717) is 35.1 Å². The second-order valence-corrected chi connectivity index (χ2v) is 7.39. The lowest BCUT2D eigenvalue weighted by molar-refractivity contribution is 0.263. The summed E-state index contributed by atoms with van der Waals surface area (Å²) in [6.07, 6.45) is 0. The fourth-order valence-electron chi connectivity index (χ4n) is 3.31. The van der Waals surface area contributed by atoms with Gasteiger partial charge in [0.15, 0.2) is 4.77 Å². The van der Waals surface area contributed by atoms with Crippen molar-refractivity contribution >= 4 is 29.6 Å². The molecule has 0 saturated heterocycles. The molecule has 0 aliphatic carbocycles. The Balaban J connectivity index is 1.65. The Morgan fingerprint density at radius 3 is 2.54 bits per heavy atom. The van der Waals surface area contributed by atoms with Crippen molar-refractivity contribution in [3.8, 4) is 11.4 Å². The van der Waals surface area contributed by atoms with E-state index in [4.69, 9.17) is 28.6 Å². The van der Waals surface area contributed by atoms with E-state index in [1.165, 1.54) is 0 Å². The second-order valence-electron chi connectivity index (χ2n) is 6.57. The third-order valence-electron chi connectivity index (χ3n) is 4.71. The molecule has 28 heavy (non-hydrogen) atoms. The Bertz CT molecular complexity index is 1110. The summed E-state index contributed by atoms with van der Waals surface area (Å²) in [5.41, 5.74) is 2.48. The first-order valence-corrected chi connectivity index (χ1v) is 9.57. The summed E-state index contributed by atoms with van der Waals surface area (Å²) in [6.45, 7) is 1.84. The standard InChI is InChI=1S/C20H19ClN4O2S/c1-27-16-8-2-13(3-9-16)10-24-11-17-18(22-12-24)25(20(28)23-19(17)26)15-6-4-14(21)5-7-15/h2-9,22H,10-12H2,1H3,(H,23,26,28). The number of benzene rings is 2. The van der Waals surface area contributed by atoms with Gasteiger partial charge in [-0.2, -0.15) is 0 Å². The molecule has 8 heteroatoms. The average Bonchev–Trinajstić information content (AvgIpc) is 2.70. The highest BCUT2D eigenvalue weighted by Crippen LogP contribution is 2.25. The molecule has 2 heterocycles. The van der Waals surface area contributed by atoms with Crippen LogP contribution in [0, 0.1) is 4.77 Å². The maximum absolute atomic E-state index is 12.6. The molecule has 0 unspecified atom stereocenters. The lowest BCUT2D eigenvalue weighted by Gasteiger charge is -2.31. The molecule has 0 bridgehead atoms. The predicted octanol–water partition coefficient (Wildman–Crippen LogP) is 3.94. The maximum atomic E-state index is 12.6. The second kappa shape index (κ2) is 7.79. The number of methoxy groups -OCH3 is 1. The van der Waals surface area contributed by atoms with E-state index in [2.05, 4.69) is 15.2 Å². The van der Waals surface area contributed by atoms with Crippen molar-refractivity contribution in [1.82, 2.24) is 14.5 Å². The quantitative estimate of drug-likeness (QED) is 0.633. The molecule has 3 aromatic rings. The number of ether oxygens (including phenoxy) is 1. The first kappa shape index (κ1) is 18.7. The van der Waals surface area contributed by atoms with Gasteiger partial charge in [-0.1, -0.05) is 23.7 Å². The highest BCUT2D eigenvalue weighted by Gasteiger charge is 2.22. The van der Waals surface area contributed by atoms with Crippen LogP contribution in [-0.2, 0) is 13.1 Å². The summed E-state index contributed by atoms with van der Waals surface area (Å²) >= 11 is 11.4. The lowest BCUT2D eigenvalue weighted by atomic mass is 10.1. The highest BCUT2D eigenvalue weighted by molar-refractivity contribution is 7.71. The van der Waals surface area contributed by atoms with Gasteiger partial charge in [-0.05, 0) is 54.2 Å².